The van der Waals surface area contributed by atoms with Crippen LogP contribution >= 0.6 is 67.9 Å². The van der Waals surface area contributed by atoms with Crippen LogP contribution in [0.2, 0.25) is 0 Å². The highest BCUT2D eigenvalue weighted by Crippen LogP contribution is 2.44. The Balaban J connectivity index is 0.000000129. The van der Waals surface area contributed by atoms with Crippen LogP contribution in [0.1, 0.15) is 70.7 Å². The summed E-state index contributed by atoms with van der Waals surface area (Å²) in [6.45, 7) is 4.39. The Labute approximate surface area is 500 Å². The van der Waals surface area contributed by atoms with Gasteiger partial charge in [-0.05, 0) is 61.5 Å². The predicted molar refractivity (Wildman–Crippen MR) is 300 cm³/mol. The Morgan fingerprint density at radius 1 is 0.506 bits per heavy atom. The van der Waals surface area contributed by atoms with Gasteiger partial charge in [0.2, 0.25) is 0 Å². The molecule has 12 heterocycles. The number of ether oxygens (including phenoxy) is 4. The molecule has 0 unspecified atom stereocenters. The van der Waals surface area contributed by atoms with Gasteiger partial charge in [0.15, 0.2) is 3.77 Å². The summed E-state index contributed by atoms with van der Waals surface area (Å²) in [5.74, 6) is 2.50. The maximum absolute atomic E-state index is 12.1. The van der Waals surface area contributed by atoms with Crippen LogP contribution in [0.15, 0.2) is 108 Å². The van der Waals surface area contributed by atoms with Crippen molar-refractivity contribution in [1.29, 1.82) is 0 Å². The molecule has 0 N–H and O–H groups in total. The standard InChI is InChI=1S/C13H13N5O3S.C12H13N5O3S.C11H11N5O3S.C10H8IN5O3S/c1-17-13(19)18(16-15-17)10-7-20-11(8-2-3-8)9(10)6-21-12-14-4-5-22-12;1-3-10-8(6-20-11-13-4-5-21-11)9(7-19-10)17-12(18)16(2)14-15-17;1-7-8(5-19-10-12-3-4-20-10)9(6-18-7)16-11(17)15(2)13-14-16;1-15-10(17)16(14-13-15)7-5-18-8(11)6(7)4-19-9-12-2-3-20-9/h4-5,7-8H,2-3,6H2,1H3;4-5,7H,3,6H2,1-2H3;3-4,6H,5H2,1-2H3;2-3,5H,4H2,1H3/i2*4T;3T;2T. The molecule has 1 aliphatic rings. The number of hydrogen-bond acceptors (Lipinski definition) is 28. The molecule has 0 atom stereocenters. The second kappa shape index (κ2) is 25.9. The number of aromatic nitrogens is 20. The molecule has 1 saturated carbocycles. The lowest BCUT2D eigenvalue weighted by Gasteiger charge is -2.05. The lowest BCUT2D eigenvalue weighted by Crippen LogP contribution is -2.22. The molecule has 0 spiro atoms. The van der Waals surface area contributed by atoms with Crippen LogP contribution in [0.5, 0.6) is 20.8 Å². The van der Waals surface area contributed by atoms with Crippen molar-refractivity contribution in [2.24, 2.45) is 28.2 Å². The number of thiazole rings is 4. The highest BCUT2D eigenvalue weighted by atomic mass is 127. The summed E-state index contributed by atoms with van der Waals surface area (Å²) in [6.07, 6.45) is 9.24. The minimum atomic E-state index is -0.379. The van der Waals surface area contributed by atoms with Crippen molar-refractivity contribution in [2.75, 3.05) is 0 Å². The maximum atomic E-state index is 12.1. The maximum Gasteiger partial charge on any atom is 0.368 e. The summed E-state index contributed by atoms with van der Waals surface area (Å²) in [7, 11) is 6.09. The van der Waals surface area contributed by atoms with Crippen molar-refractivity contribution in [3.05, 3.63) is 157 Å². The third kappa shape index (κ3) is 13.1. The molecule has 432 valence electrons. The van der Waals surface area contributed by atoms with E-state index in [1.807, 2.05) is 29.5 Å². The fourth-order valence-electron chi connectivity index (χ4n) is 7.31. The zero-order valence-electron chi connectivity index (χ0n) is 48.0. The van der Waals surface area contributed by atoms with Gasteiger partial charge in [-0.1, -0.05) is 52.3 Å². The van der Waals surface area contributed by atoms with E-state index in [-0.39, 0.29) is 73.9 Å². The highest BCUT2D eigenvalue weighted by molar-refractivity contribution is 14.1. The fourth-order valence-corrected chi connectivity index (χ4v) is 9.62. The van der Waals surface area contributed by atoms with Gasteiger partial charge in [-0.25, -0.2) is 39.1 Å². The predicted octanol–water partition coefficient (Wildman–Crippen LogP) is 4.73. The van der Waals surface area contributed by atoms with Gasteiger partial charge < -0.3 is 36.6 Å². The monoisotopic (exact) mass is 1330 g/mol. The Kier molecular flexibility index (Phi) is 16.3. The molecule has 12 aromatic rings. The molecule has 0 aliphatic heterocycles. The van der Waals surface area contributed by atoms with Gasteiger partial charge in [0, 0.05) is 109 Å². The van der Waals surface area contributed by atoms with Gasteiger partial charge in [-0.3, -0.25) is 0 Å². The lowest BCUT2D eigenvalue weighted by atomic mass is 10.2. The summed E-state index contributed by atoms with van der Waals surface area (Å²) < 4.78 is 83.4. The quantitative estimate of drug-likeness (QED) is 0.105. The number of furan rings is 4. The number of tetrazole rings is 4. The second-order valence-electron chi connectivity index (χ2n) is 17.0. The molecule has 83 heavy (non-hydrogen) atoms. The molecule has 0 saturated heterocycles. The number of rotatable bonds is 18. The molecule has 0 aromatic carbocycles. The first-order valence-corrected chi connectivity index (χ1v) is 28.6. The number of hydrogen-bond donors (Lipinski definition) is 0. The number of halogens is 1. The Bertz CT molecular complexity index is 4420. The van der Waals surface area contributed by atoms with Crippen LogP contribution in [-0.4, -0.2) is 99.1 Å². The number of nitrogens with zero attached hydrogens (tertiary/aromatic N) is 20. The molecule has 32 nitrogen and oxygen atoms in total. The van der Waals surface area contributed by atoms with Gasteiger partial charge in [0.25, 0.3) is 20.8 Å². The van der Waals surface area contributed by atoms with E-state index in [0.29, 0.717) is 87.8 Å². The minimum Gasteiger partial charge on any atom is -0.467 e. The zero-order chi connectivity index (χ0) is 61.6. The average molecular weight is 1330 g/mol. The first-order valence-electron chi connectivity index (χ1n) is 26.0. The molecule has 37 heteroatoms. The van der Waals surface area contributed by atoms with Crippen molar-refractivity contribution in [2.45, 2.75) is 65.5 Å². The Hall–Kier alpha value is -8.95. The van der Waals surface area contributed by atoms with Crippen molar-refractivity contribution in [3.63, 3.8) is 0 Å². The van der Waals surface area contributed by atoms with E-state index >= 15 is 0 Å². The first-order chi connectivity index (χ1) is 41.8. The van der Waals surface area contributed by atoms with Crippen molar-refractivity contribution in [3.8, 4) is 43.5 Å². The van der Waals surface area contributed by atoms with E-state index in [1.165, 1.54) is 108 Å². The summed E-state index contributed by atoms with van der Waals surface area (Å²) in [5.41, 5.74) is 3.35. The molecular formula is C46H45IN20O12S4. The van der Waals surface area contributed by atoms with Crippen LogP contribution in [-0.2, 0) is 61.0 Å². The van der Waals surface area contributed by atoms with Crippen molar-refractivity contribution >= 4 is 67.9 Å². The summed E-state index contributed by atoms with van der Waals surface area (Å²) in [6, 6.07) is 0. The van der Waals surface area contributed by atoms with Crippen LogP contribution in [0.25, 0.3) is 22.7 Å². The van der Waals surface area contributed by atoms with Crippen molar-refractivity contribution in [1.82, 2.24) is 99.1 Å². The van der Waals surface area contributed by atoms with Crippen LogP contribution in [0.3, 0.4) is 0 Å². The highest BCUT2D eigenvalue weighted by Gasteiger charge is 2.33. The van der Waals surface area contributed by atoms with Crippen molar-refractivity contribution < 1.29 is 42.1 Å². The number of aryl methyl sites for hydroxylation is 6. The van der Waals surface area contributed by atoms with E-state index in [0.717, 1.165) is 52.3 Å². The van der Waals surface area contributed by atoms with Crippen LogP contribution in [0, 0.1) is 10.7 Å². The molecule has 0 amide bonds. The normalized spacial score (nSPS) is 12.5. The van der Waals surface area contributed by atoms with E-state index < -0.39 is 0 Å². The average Bonchev–Trinajstić information content (AvgIpc) is 2.34. The van der Waals surface area contributed by atoms with Gasteiger partial charge in [-0.2, -0.15) is 37.5 Å². The van der Waals surface area contributed by atoms with Crippen LogP contribution in [0.4, 0.5) is 0 Å². The fraction of sp³-hybridized carbons (Fsp3) is 0.304. The first kappa shape index (κ1) is 52.1. The lowest BCUT2D eigenvalue weighted by molar-refractivity contribution is 0.300. The summed E-state index contributed by atoms with van der Waals surface area (Å²) >= 11 is 6.97. The molecular weight excluding hydrogens is 1280 g/mol. The van der Waals surface area contributed by atoms with Crippen LogP contribution < -0.4 is 41.7 Å². The third-order valence-corrected chi connectivity index (χ3v) is 15.1. The smallest absolute Gasteiger partial charge is 0.368 e. The van der Waals surface area contributed by atoms with E-state index in [4.69, 9.17) is 42.1 Å². The van der Waals surface area contributed by atoms with E-state index in [2.05, 4.69) is 61.6 Å². The topological polar surface area (TPSA) is 352 Å². The molecule has 0 radical (unpaired) electrons. The second-order valence-corrected chi connectivity index (χ2v) is 21.2. The molecule has 12 aromatic heterocycles. The van der Waals surface area contributed by atoms with Gasteiger partial charge in [0.05, 0.1) is 27.7 Å². The Morgan fingerprint density at radius 2 is 0.855 bits per heavy atom. The summed E-state index contributed by atoms with van der Waals surface area (Å²) in [5, 5.41) is 37.9. The minimum absolute atomic E-state index is 0.153. The molecule has 13 rings (SSSR count). The molecule has 1 fully saturated rings. The van der Waals surface area contributed by atoms with Gasteiger partial charge in [0.1, 0.15) is 91.5 Å². The zero-order valence-corrected chi connectivity index (χ0v) is 49.4. The third-order valence-electron chi connectivity index (χ3n) is 11.7. The largest absolute Gasteiger partial charge is 0.467 e. The van der Waals surface area contributed by atoms with Gasteiger partial charge in [-0.15, -0.1) is 0 Å². The molecule has 1 aliphatic carbocycles. The molecule has 0 bridgehead atoms. The summed E-state index contributed by atoms with van der Waals surface area (Å²) in [4.78, 5) is 63.5. The SMILES string of the molecule is [3H]c1csc(OCc2c(-n3nnn(C)c3=O)coc2C)n1.[3H]c1csc(OCc2c(-n3nnn(C)c3=O)coc2C2CC2)n1.[3H]c1csc(OCc2c(-n3nnn(C)c3=O)coc2CC)n1.[3H]c1csc(OCc2c(-n3nnn(C)c3=O)coc2I)n1. The van der Waals surface area contributed by atoms with E-state index in [9.17, 15) is 19.2 Å². The Morgan fingerprint density at radius 3 is 1.24 bits per heavy atom. The van der Waals surface area contributed by atoms with E-state index in [1.54, 1.807) is 28.4 Å². The van der Waals surface area contributed by atoms with Gasteiger partial charge >= 0.3 is 22.8 Å².